The monoisotopic (exact) mass is 173 g/mol. The number of nitrogens with one attached hydrogen (secondary N) is 1. The minimum atomic E-state index is -0.854. The van der Waals surface area contributed by atoms with Crippen molar-refractivity contribution >= 4 is 11.9 Å². The molecule has 0 aliphatic carbocycles. The molecule has 0 radical (unpaired) electrons. The molecule has 0 aromatic heterocycles. The third-order valence-electron chi connectivity index (χ3n) is 1.24. The summed E-state index contributed by atoms with van der Waals surface area (Å²) in [5.41, 5.74) is 0. The van der Waals surface area contributed by atoms with Crippen molar-refractivity contribution in [2.24, 2.45) is 0 Å². The van der Waals surface area contributed by atoms with Gasteiger partial charge >= 0.3 is 5.97 Å². The van der Waals surface area contributed by atoms with E-state index >= 15 is 0 Å². The van der Waals surface area contributed by atoms with E-state index in [0.717, 1.165) is 0 Å². The van der Waals surface area contributed by atoms with Gasteiger partial charge in [0, 0.05) is 18.9 Å². The highest BCUT2D eigenvalue weighted by Gasteiger charge is 2.04. The molecule has 0 unspecified atom stereocenters. The molecule has 0 aliphatic rings. The largest absolute Gasteiger partial charge is 0.481 e. The molecule has 70 valence electrons. The molecule has 0 aliphatic heterocycles. The molecule has 4 nitrogen and oxygen atoms in total. The number of hydrogen-bond donors (Lipinski definition) is 2. The Hall–Kier alpha value is -1.06. The topological polar surface area (TPSA) is 66.4 Å². The van der Waals surface area contributed by atoms with Gasteiger partial charge in [-0.05, 0) is 20.3 Å². The van der Waals surface area contributed by atoms with Gasteiger partial charge in [-0.1, -0.05) is 0 Å². The second-order valence-electron chi connectivity index (χ2n) is 2.97. The van der Waals surface area contributed by atoms with E-state index in [1.54, 1.807) is 0 Å². The van der Waals surface area contributed by atoms with E-state index in [1.165, 1.54) is 0 Å². The van der Waals surface area contributed by atoms with Gasteiger partial charge in [-0.15, -0.1) is 0 Å². The fraction of sp³-hybridized carbons (Fsp3) is 0.750. The Morgan fingerprint density at radius 2 is 1.92 bits per heavy atom. The lowest BCUT2D eigenvalue weighted by Crippen LogP contribution is -2.29. The minimum Gasteiger partial charge on any atom is -0.481 e. The summed E-state index contributed by atoms with van der Waals surface area (Å²) in [5.74, 6) is -0.932. The van der Waals surface area contributed by atoms with Crippen molar-refractivity contribution in [1.82, 2.24) is 5.32 Å². The fourth-order valence-electron chi connectivity index (χ4n) is 0.794. The lowest BCUT2D eigenvalue weighted by Gasteiger charge is -2.06. The zero-order chi connectivity index (χ0) is 9.56. The SMILES string of the molecule is CC(C)NC(=O)CCCC(=O)O. The number of carboxylic acids is 1. The highest BCUT2D eigenvalue weighted by atomic mass is 16.4. The minimum absolute atomic E-state index is 0.0610. The maximum Gasteiger partial charge on any atom is 0.303 e. The standard InChI is InChI=1S/C8H15NO3/c1-6(2)9-7(10)4-3-5-8(11)12/h6H,3-5H2,1-2H3,(H,9,10)(H,11,12). The van der Waals surface area contributed by atoms with Gasteiger partial charge in [-0.25, -0.2) is 0 Å². The molecule has 2 N–H and O–H groups in total. The van der Waals surface area contributed by atoms with E-state index in [-0.39, 0.29) is 18.4 Å². The lowest BCUT2D eigenvalue weighted by atomic mass is 10.2. The van der Waals surface area contributed by atoms with Gasteiger partial charge in [0.2, 0.25) is 5.91 Å². The number of amides is 1. The molecular weight excluding hydrogens is 158 g/mol. The summed E-state index contributed by atoms with van der Waals surface area (Å²) in [5, 5.41) is 11.0. The van der Waals surface area contributed by atoms with Crippen molar-refractivity contribution in [3.8, 4) is 0 Å². The van der Waals surface area contributed by atoms with Crippen LogP contribution in [0, 0.1) is 0 Å². The van der Waals surface area contributed by atoms with Crippen LogP contribution in [0.3, 0.4) is 0 Å². The van der Waals surface area contributed by atoms with Gasteiger partial charge in [0.15, 0.2) is 0 Å². The smallest absolute Gasteiger partial charge is 0.303 e. The maximum absolute atomic E-state index is 10.9. The summed E-state index contributed by atoms with van der Waals surface area (Å²) in [6, 6.07) is 0.127. The van der Waals surface area contributed by atoms with E-state index in [9.17, 15) is 9.59 Å². The molecule has 0 heterocycles. The number of aliphatic carboxylic acids is 1. The first kappa shape index (κ1) is 10.9. The first-order valence-corrected chi connectivity index (χ1v) is 4.03. The fourth-order valence-corrected chi connectivity index (χ4v) is 0.794. The van der Waals surface area contributed by atoms with Gasteiger partial charge < -0.3 is 10.4 Å². The average Bonchev–Trinajstić information content (AvgIpc) is 1.84. The molecule has 0 aromatic carbocycles. The molecule has 0 aromatic rings. The van der Waals surface area contributed by atoms with Crippen LogP contribution in [0.15, 0.2) is 0 Å². The number of carbonyl (C=O) groups is 2. The predicted octanol–water partition coefficient (Wildman–Crippen LogP) is 0.766. The van der Waals surface area contributed by atoms with Gasteiger partial charge in [-0.2, -0.15) is 0 Å². The molecule has 1 amide bonds. The zero-order valence-corrected chi connectivity index (χ0v) is 7.46. The summed E-state index contributed by atoms with van der Waals surface area (Å²) in [7, 11) is 0. The van der Waals surface area contributed by atoms with Crippen LogP contribution in [0.5, 0.6) is 0 Å². The van der Waals surface area contributed by atoms with E-state index in [1.807, 2.05) is 13.8 Å². The van der Waals surface area contributed by atoms with E-state index in [4.69, 9.17) is 5.11 Å². The Morgan fingerprint density at radius 1 is 1.33 bits per heavy atom. The van der Waals surface area contributed by atoms with Crippen LogP contribution in [0.4, 0.5) is 0 Å². The van der Waals surface area contributed by atoms with Crippen LogP contribution in [0.2, 0.25) is 0 Å². The average molecular weight is 173 g/mol. The van der Waals surface area contributed by atoms with Crippen molar-refractivity contribution in [2.75, 3.05) is 0 Å². The van der Waals surface area contributed by atoms with E-state index < -0.39 is 5.97 Å². The summed E-state index contributed by atoms with van der Waals surface area (Å²) >= 11 is 0. The third kappa shape index (κ3) is 7.05. The summed E-state index contributed by atoms with van der Waals surface area (Å²) < 4.78 is 0. The summed E-state index contributed by atoms with van der Waals surface area (Å²) in [6.45, 7) is 3.74. The molecular formula is C8H15NO3. The van der Waals surface area contributed by atoms with Gasteiger partial charge in [0.25, 0.3) is 0 Å². The Kier molecular flexibility index (Phi) is 5.08. The van der Waals surface area contributed by atoms with Crippen LogP contribution >= 0.6 is 0 Å². The zero-order valence-electron chi connectivity index (χ0n) is 7.46. The number of hydrogen-bond acceptors (Lipinski definition) is 2. The van der Waals surface area contributed by atoms with Crippen molar-refractivity contribution < 1.29 is 14.7 Å². The first-order chi connectivity index (χ1) is 5.52. The van der Waals surface area contributed by atoms with Gasteiger partial charge in [0.05, 0.1) is 0 Å². The van der Waals surface area contributed by atoms with Gasteiger partial charge in [0.1, 0.15) is 0 Å². The highest BCUT2D eigenvalue weighted by Crippen LogP contribution is 1.95. The molecule has 0 saturated heterocycles. The summed E-state index contributed by atoms with van der Waals surface area (Å²) in [4.78, 5) is 21.0. The quantitative estimate of drug-likeness (QED) is 0.645. The third-order valence-corrected chi connectivity index (χ3v) is 1.24. The Balaban J connectivity index is 3.38. The van der Waals surface area contributed by atoms with Crippen LogP contribution < -0.4 is 5.32 Å². The van der Waals surface area contributed by atoms with Crippen molar-refractivity contribution in [3.05, 3.63) is 0 Å². The molecule has 0 rings (SSSR count). The first-order valence-electron chi connectivity index (χ1n) is 4.03. The summed E-state index contributed by atoms with van der Waals surface area (Å²) in [6.07, 6.45) is 0.768. The van der Waals surface area contributed by atoms with Gasteiger partial charge in [-0.3, -0.25) is 9.59 Å². The Labute approximate surface area is 72.0 Å². The molecule has 4 heteroatoms. The second-order valence-corrected chi connectivity index (χ2v) is 2.97. The highest BCUT2D eigenvalue weighted by molar-refractivity contribution is 5.76. The van der Waals surface area contributed by atoms with Crippen LogP contribution in [0.1, 0.15) is 33.1 Å². The molecule has 0 saturated carbocycles. The maximum atomic E-state index is 10.9. The molecule has 0 fully saturated rings. The Bertz CT molecular complexity index is 166. The van der Waals surface area contributed by atoms with Crippen molar-refractivity contribution in [1.29, 1.82) is 0 Å². The predicted molar refractivity (Wildman–Crippen MR) is 44.8 cm³/mol. The molecule has 0 bridgehead atoms. The number of carbonyl (C=O) groups excluding carboxylic acids is 1. The van der Waals surface area contributed by atoms with Crippen LogP contribution in [-0.2, 0) is 9.59 Å². The molecule has 12 heavy (non-hydrogen) atoms. The Morgan fingerprint density at radius 3 is 2.33 bits per heavy atom. The second kappa shape index (κ2) is 5.57. The van der Waals surface area contributed by atoms with Crippen molar-refractivity contribution in [3.63, 3.8) is 0 Å². The molecule has 0 atom stereocenters. The van der Waals surface area contributed by atoms with E-state index in [0.29, 0.717) is 12.8 Å². The molecule has 0 spiro atoms. The number of rotatable bonds is 5. The normalized spacial score (nSPS) is 9.92. The van der Waals surface area contributed by atoms with E-state index in [2.05, 4.69) is 5.32 Å². The lowest BCUT2D eigenvalue weighted by molar-refractivity contribution is -0.137. The number of carboxylic acid groups (broad SMARTS) is 1. The van der Waals surface area contributed by atoms with Crippen LogP contribution in [0.25, 0.3) is 0 Å². The van der Waals surface area contributed by atoms with Crippen LogP contribution in [-0.4, -0.2) is 23.0 Å². The van der Waals surface area contributed by atoms with Crippen molar-refractivity contribution in [2.45, 2.75) is 39.2 Å².